The molecule has 1 fully saturated rings. The van der Waals surface area contributed by atoms with Crippen molar-refractivity contribution in [1.82, 2.24) is 4.98 Å². The van der Waals surface area contributed by atoms with Crippen molar-refractivity contribution in [2.24, 2.45) is 5.92 Å². The topological polar surface area (TPSA) is 68.7 Å². The zero-order chi connectivity index (χ0) is 15.0. The van der Waals surface area contributed by atoms with E-state index in [1.165, 1.54) is 18.4 Å². The molecule has 1 atom stereocenters. The van der Waals surface area contributed by atoms with Crippen molar-refractivity contribution in [2.75, 3.05) is 25.7 Å². The van der Waals surface area contributed by atoms with Crippen molar-refractivity contribution in [2.45, 2.75) is 6.42 Å². The number of hydrogen-bond acceptors (Lipinski definition) is 6. The van der Waals surface area contributed by atoms with Gasteiger partial charge in [0.2, 0.25) is 5.91 Å². The first-order chi connectivity index (χ1) is 10.1. The molecule has 2 heterocycles. The second kappa shape index (κ2) is 5.33. The standard InChI is InChI=1S/C14H14N2O4S/c1-19-9-3-4-10-11(6-9)21-14(15-10)16-7-8(5-12(16)17)13(18)20-2/h3-4,6,8H,5,7H2,1-2H3. The van der Waals surface area contributed by atoms with Gasteiger partial charge in [0.05, 0.1) is 30.4 Å². The van der Waals surface area contributed by atoms with Gasteiger partial charge < -0.3 is 9.47 Å². The van der Waals surface area contributed by atoms with Crippen LogP contribution in [0.1, 0.15) is 6.42 Å². The number of thiazole rings is 1. The molecule has 1 aromatic carbocycles. The van der Waals surface area contributed by atoms with E-state index in [1.54, 1.807) is 12.0 Å². The summed E-state index contributed by atoms with van der Waals surface area (Å²) >= 11 is 1.41. The molecule has 0 bridgehead atoms. The Kier molecular flexibility index (Phi) is 3.50. The van der Waals surface area contributed by atoms with E-state index in [2.05, 4.69) is 4.98 Å². The van der Waals surface area contributed by atoms with Crippen LogP contribution in [0, 0.1) is 5.92 Å². The highest BCUT2D eigenvalue weighted by Crippen LogP contribution is 2.34. The normalized spacial score (nSPS) is 18.3. The summed E-state index contributed by atoms with van der Waals surface area (Å²) in [6.45, 7) is 0.322. The Morgan fingerprint density at radius 1 is 1.43 bits per heavy atom. The number of ether oxygens (including phenoxy) is 2. The fourth-order valence-electron chi connectivity index (χ4n) is 2.35. The third kappa shape index (κ3) is 2.44. The van der Waals surface area contributed by atoms with Gasteiger partial charge in [-0.25, -0.2) is 4.98 Å². The lowest BCUT2D eigenvalue weighted by Gasteiger charge is -2.11. The van der Waals surface area contributed by atoms with E-state index in [0.717, 1.165) is 16.0 Å². The van der Waals surface area contributed by atoms with Crippen molar-refractivity contribution in [1.29, 1.82) is 0 Å². The van der Waals surface area contributed by atoms with Crippen LogP contribution in [-0.2, 0) is 14.3 Å². The summed E-state index contributed by atoms with van der Waals surface area (Å²) in [5.41, 5.74) is 0.810. The first kappa shape index (κ1) is 13.8. The number of rotatable bonds is 3. The largest absolute Gasteiger partial charge is 0.497 e. The smallest absolute Gasteiger partial charge is 0.311 e. The van der Waals surface area contributed by atoms with Gasteiger partial charge in [-0.2, -0.15) is 0 Å². The van der Waals surface area contributed by atoms with Gasteiger partial charge in [0.1, 0.15) is 5.75 Å². The van der Waals surface area contributed by atoms with Crippen LogP contribution in [0.15, 0.2) is 18.2 Å². The molecule has 0 N–H and O–H groups in total. The Morgan fingerprint density at radius 2 is 2.24 bits per heavy atom. The van der Waals surface area contributed by atoms with Gasteiger partial charge in [-0.3, -0.25) is 14.5 Å². The van der Waals surface area contributed by atoms with Crippen LogP contribution in [0.4, 0.5) is 5.13 Å². The zero-order valence-corrected chi connectivity index (χ0v) is 12.5. The number of methoxy groups -OCH3 is 2. The van der Waals surface area contributed by atoms with Crippen molar-refractivity contribution in [3.05, 3.63) is 18.2 Å². The minimum Gasteiger partial charge on any atom is -0.497 e. The molecule has 1 aliphatic rings. The number of hydrogen-bond donors (Lipinski definition) is 0. The maximum atomic E-state index is 12.1. The van der Waals surface area contributed by atoms with Gasteiger partial charge in [0, 0.05) is 13.0 Å². The summed E-state index contributed by atoms with van der Waals surface area (Å²) < 4.78 is 10.8. The Labute approximate surface area is 125 Å². The van der Waals surface area contributed by atoms with Crippen LogP contribution in [0.25, 0.3) is 10.2 Å². The minimum absolute atomic E-state index is 0.101. The molecular formula is C14H14N2O4S. The van der Waals surface area contributed by atoms with Gasteiger partial charge in [-0.15, -0.1) is 0 Å². The number of anilines is 1. The molecule has 0 spiro atoms. The third-order valence-electron chi connectivity index (χ3n) is 3.47. The van der Waals surface area contributed by atoms with Crippen LogP contribution in [0.5, 0.6) is 5.75 Å². The number of aromatic nitrogens is 1. The van der Waals surface area contributed by atoms with Gasteiger partial charge in [-0.1, -0.05) is 11.3 Å². The second-order valence-electron chi connectivity index (χ2n) is 4.76. The average Bonchev–Trinajstić information content (AvgIpc) is 3.08. The van der Waals surface area contributed by atoms with Crippen LogP contribution in [0.2, 0.25) is 0 Å². The fraction of sp³-hybridized carbons (Fsp3) is 0.357. The molecule has 21 heavy (non-hydrogen) atoms. The Morgan fingerprint density at radius 3 is 2.95 bits per heavy atom. The summed E-state index contributed by atoms with van der Waals surface area (Å²) in [5.74, 6) is -0.119. The van der Waals surface area contributed by atoms with E-state index in [-0.39, 0.29) is 18.3 Å². The number of nitrogens with zero attached hydrogens (tertiary/aromatic N) is 2. The van der Waals surface area contributed by atoms with Gasteiger partial charge in [0.15, 0.2) is 5.13 Å². The van der Waals surface area contributed by atoms with Crippen LogP contribution >= 0.6 is 11.3 Å². The molecule has 110 valence electrons. The molecule has 1 aliphatic heterocycles. The average molecular weight is 306 g/mol. The van der Waals surface area contributed by atoms with Crippen molar-refractivity contribution in [3.63, 3.8) is 0 Å². The molecule has 0 aliphatic carbocycles. The SMILES string of the molecule is COC(=O)C1CC(=O)N(c2nc3ccc(OC)cc3s2)C1. The van der Waals surface area contributed by atoms with E-state index < -0.39 is 5.92 Å². The molecule has 3 rings (SSSR count). The van der Waals surface area contributed by atoms with Crippen molar-refractivity contribution >= 4 is 38.6 Å². The number of fused-ring (bicyclic) bond motifs is 1. The van der Waals surface area contributed by atoms with E-state index >= 15 is 0 Å². The molecule has 1 amide bonds. The maximum absolute atomic E-state index is 12.1. The Hall–Kier alpha value is -2.15. The number of carbonyl (C=O) groups is 2. The monoisotopic (exact) mass is 306 g/mol. The van der Waals surface area contributed by atoms with Crippen molar-refractivity contribution < 1.29 is 19.1 Å². The predicted octanol–water partition coefficient (Wildman–Crippen LogP) is 1.83. The summed E-state index contributed by atoms with van der Waals surface area (Å²) in [7, 11) is 2.94. The molecule has 1 aromatic heterocycles. The first-order valence-electron chi connectivity index (χ1n) is 6.45. The number of benzene rings is 1. The Balaban J connectivity index is 1.90. The highest BCUT2D eigenvalue weighted by atomic mass is 32.1. The highest BCUT2D eigenvalue weighted by Gasteiger charge is 2.37. The van der Waals surface area contributed by atoms with Crippen LogP contribution < -0.4 is 9.64 Å². The van der Waals surface area contributed by atoms with Crippen LogP contribution in [-0.4, -0.2) is 37.6 Å². The lowest BCUT2D eigenvalue weighted by atomic mass is 10.1. The summed E-state index contributed by atoms with van der Waals surface area (Å²) in [6.07, 6.45) is 0.173. The van der Waals surface area contributed by atoms with Crippen molar-refractivity contribution in [3.8, 4) is 5.75 Å². The van der Waals surface area contributed by atoms with Gasteiger partial charge >= 0.3 is 5.97 Å². The van der Waals surface area contributed by atoms with Gasteiger partial charge in [0.25, 0.3) is 0 Å². The third-order valence-corrected chi connectivity index (χ3v) is 4.52. The molecule has 0 saturated carbocycles. The minimum atomic E-state index is -0.413. The maximum Gasteiger partial charge on any atom is 0.311 e. The fourth-order valence-corrected chi connectivity index (χ4v) is 3.37. The molecule has 6 nitrogen and oxygen atoms in total. The lowest BCUT2D eigenvalue weighted by molar-refractivity contribution is -0.145. The van der Waals surface area contributed by atoms with E-state index in [1.807, 2.05) is 18.2 Å². The number of carbonyl (C=O) groups excluding carboxylic acids is 2. The first-order valence-corrected chi connectivity index (χ1v) is 7.27. The van der Waals surface area contributed by atoms with Crippen LogP contribution in [0.3, 0.4) is 0 Å². The zero-order valence-electron chi connectivity index (χ0n) is 11.7. The molecule has 1 saturated heterocycles. The number of esters is 1. The van der Waals surface area contributed by atoms with E-state index in [9.17, 15) is 9.59 Å². The number of amides is 1. The van der Waals surface area contributed by atoms with E-state index in [4.69, 9.17) is 9.47 Å². The predicted molar refractivity (Wildman–Crippen MR) is 78.6 cm³/mol. The summed E-state index contributed by atoms with van der Waals surface area (Å²) in [6, 6.07) is 5.57. The molecule has 0 radical (unpaired) electrons. The molecule has 2 aromatic rings. The molecule has 1 unspecified atom stereocenters. The quantitative estimate of drug-likeness (QED) is 0.809. The summed E-state index contributed by atoms with van der Waals surface area (Å²) in [4.78, 5) is 29.6. The van der Waals surface area contributed by atoms with E-state index in [0.29, 0.717) is 11.7 Å². The summed E-state index contributed by atoms with van der Waals surface area (Å²) in [5, 5.41) is 0.606. The lowest BCUT2D eigenvalue weighted by Crippen LogP contribution is -2.25. The molecule has 7 heteroatoms. The Bertz CT molecular complexity index is 712. The second-order valence-corrected chi connectivity index (χ2v) is 5.77. The highest BCUT2D eigenvalue weighted by molar-refractivity contribution is 7.22. The van der Waals surface area contributed by atoms with Gasteiger partial charge in [-0.05, 0) is 18.2 Å². The molecular weight excluding hydrogens is 292 g/mol.